The number of carboxylic acids is 1. The standard InChI is InChI=1S/C14H13BrN2O2/c1-17(2)8-16-13-10-6-4-3-5-9(10)12(15)7-11(13)14(18)19/h3-8H,1-2H3,(H,18,19)/b16-8+. The number of aliphatic imine (C=N–C) groups is 1. The van der Waals surface area contributed by atoms with Crippen LogP contribution in [0.5, 0.6) is 0 Å². The molecule has 2 aromatic carbocycles. The molecular formula is C14H13BrN2O2. The normalized spacial score (nSPS) is 11.1. The fourth-order valence-corrected chi connectivity index (χ4v) is 2.37. The van der Waals surface area contributed by atoms with E-state index in [1.165, 1.54) is 0 Å². The topological polar surface area (TPSA) is 52.9 Å². The Balaban J connectivity index is 2.79. The smallest absolute Gasteiger partial charge is 0.337 e. The van der Waals surface area contributed by atoms with Gasteiger partial charge < -0.3 is 10.0 Å². The van der Waals surface area contributed by atoms with E-state index in [1.807, 2.05) is 38.4 Å². The fraction of sp³-hybridized carbons (Fsp3) is 0.143. The number of rotatable bonds is 3. The molecule has 0 atom stereocenters. The maximum absolute atomic E-state index is 11.4. The molecule has 0 bridgehead atoms. The number of benzene rings is 2. The maximum Gasteiger partial charge on any atom is 0.337 e. The summed E-state index contributed by atoms with van der Waals surface area (Å²) in [5, 5.41) is 11.1. The predicted octanol–water partition coefficient (Wildman–Crippen LogP) is 3.52. The Labute approximate surface area is 119 Å². The Morgan fingerprint density at radius 1 is 1.32 bits per heavy atom. The zero-order valence-corrected chi connectivity index (χ0v) is 12.2. The summed E-state index contributed by atoms with van der Waals surface area (Å²) in [5.74, 6) is -0.989. The van der Waals surface area contributed by atoms with Gasteiger partial charge in [-0.2, -0.15) is 0 Å². The molecule has 0 unspecified atom stereocenters. The Bertz CT molecular complexity index is 666. The molecule has 0 saturated carbocycles. The molecule has 2 aromatic rings. The van der Waals surface area contributed by atoms with Gasteiger partial charge in [-0.3, -0.25) is 0 Å². The van der Waals surface area contributed by atoms with Gasteiger partial charge in [-0.15, -0.1) is 0 Å². The SMILES string of the molecule is CN(C)/C=N/c1c(C(=O)O)cc(Br)c2ccccc12. The first-order valence-corrected chi connectivity index (χ1v) is 6.45. The van der Waals surface area contributed by atoms with Crippen LogP contribution in [0, 0.1) is 0 Å². The average Bonchev–Trinajstić information content (AvgIpc) is 2.37. The number of aromatic carboxylic acids is 1. The monoisotopic (exact) mass is 320 g/mol. The molecule has 0 spiro atoms. The van der Waals surface area contributed by atoms with Crippen LogP contribution in [-0.2, 0) is 0 Å². The lowest BCUT2D eigenvalue weighted by Gasteiger charge is -2.09. The van der Waals surface area contributed by atoms with Crippen molar-refractivity contribution in [2.75, 3.05) is 14.1 Å². The highest BCUT2D eigenvalue weighted by atomic mass is 79.9. The molecule has 0 fully saturated rings. The van der Waals surface area contributed by atoms with Crippen molar-refractivity contribution >= 4 is 44.7 Å². The first-order valence-electron chi connectivity index (χ1n) is 5.66. The lowest BCUT2D eigenvalue weighted by Crippen LogP contribution is -2.07. The molecule has 0 aliphatic heterocycles. The lowest BCUT2D eigenvalue weighted by atomic mass is 10.0. The largest absolute Gasteiger partial charge is 0.478 e. The summed E-state index contributed by atoms with van der Waals surface area (Å²) in [4.78, 5) is 17.4. The van der Waals surface area contributed by atoms with Gasteiger partial charge in [0.15, 0.2) is 0 Å². The molecule has 5 heteroatoms. The second-order valence-electron chi connectivity index (χ2n) is 4.31. The highest BCUT2D eigenvalue weighted by molar-refractivity contribution is 9.10. The van der Waals surface area contributed by atoms with Gasteiger partial charge >= 0.3 is 5.97 Å². The summed E-state index contributed by atoms with van der Waals surface area (Å²) in [6, 6.07) is 9.17. The summed E-state index contributed by atoms with van der Waals surface area (Å²) in [6.07, 6.45) is 1.60. The third-order valence-corrected chi connectivity index (χ3v) is 3.27. The van der Waals surface area contributed by atoms with Crippen LogP contribution >= 0.6 is 15.9 Å². The van der Waals surface area contributed by atoms with Gasteiger partial charge in [-0.05, 0) is 11.5 Å². The predicted molar refractivity (Wildman–Crippen MR) is 80.4 cm³/mol. The van der Waals surface area contributed by atoms with Crippen LogP contribution in [0.25, 0.3) is 10.8 Å². The molecule has 1 N–H and O–H groups in total. The zero-order chi connectivity index (χ0) is 14.0. The van der Waals surface area contributed by atoms with E-state index in [-0.39, 0.29) is 5.56 Å². The Morgan fingerprint density at radius 2 is 1.95 bits per heavy atom. The number of hydrogen-bond donors (Lipinski definition) is 1. The van der Waals surface area contributed by atoms with Crippen LogP contribution in [0.4, 0.5) is 5.69 Å². The molecule has 0 aliphatic carbocycles. The van der Waals surface area contributed by atoms with E-state index >= 15 is 0 Å². The summed E-state index contributed by atoms with van der Waals surface area (Å²) in [7, 11) is 3.68. The van der Waals surface area contributed by atoms with E-state index in [1.54, 1.807) is 17.3 Å². The summed E-state index contributed by atoms with van der Waals surface area (Å²) in [5.41, 5.74) is 0.656. The highest BCUT2D eigenvalue weighted by Gasteiger charge is 2.15. The van der Waals surface area contributed by atoms with Gasteiger partial charge in [0.25, 0.3) is 0 Å². The minimum atomic E-state index is -0.989. The van der Waals surface area contributed by atoms with Gasteiger partial charge in [0, 0.05) is 24.0 Å². The third-order valence-electron chi connectivity index (χ3n) is 2.61. The van der Waals surface area contributed by atoms with E-state index in [9.17, 15) is 9.90 Å². The van der Waals surface area contributed by atoms with Crippen molar-refractivity contribution in [2.24, 2.45) is 4.99 Å². The van der Waals surface area contributed by atoms with Gasteiger partial charge in [-0.1, -0.05) is 40.2 Å². The lowest BCUT2D eigenvalue weighted by molar-refractivity contribution is 0.0698. The summed E-state index contributed by atoms with van der Waals surface area (Å²) in [6.45, 7) is 0. The molecule has 98 valence electrons. The number of carboxylic acid groups (broad SMARTS) is 1. The van der Waals surface area contributed by atoms with E-state index in [0.29, 0.717) is 5.69 Å². The van der Waals surface area contributed by atoms with E-state index < -0.39 is 5.97 Å². The van der Waals surface area contributed by atoms with Crippen molar-refractivity contribution in [1.29, 1.82) is 0 Å². The second-order valence-corrected chi connectivity index (χ2v) is 5.17. The van der Waals surface area contributed by atoms with Crippen molar-refractivity contribution in [1.82, 2.24) is 4.90 Å². The molecule has 0 aromatic heterocycles. The quantitative estimate of drug-likeness (QED) is 0.695. The van der Waals surface area contributed by atoms with Crippen molar-refractivity contribution < 1.29 is 9.90 Å². The molecule has 4 nitrogen and oxygen atoms in total. The first-order chi connectivity index (χ1) is 9.00. The van der Waals surface area contributed by atoms with Gasteiger partial charge in [0.1, 0.15) is 0 Å². The minimum absolute atomic E-state index is 0.184. The molecule has 0 aliphatic rings. The van der Waals surface area contributed by atoms with Gasteiger partial charge in [0.05, 0.1) is 17.6 Å². The van der Waals surface area contributed by atoms with Crippen LogP contribution < -0.4 is 0 Å². The number of carbonyl (C=O) groups is 1. The Kier molecular flexibility index (Phi) is 3.85. The Morgan fingerprint density at radius 3 is 2.53 bits per heavy atom. The molecule has 0 amide bonds. The molecule has 2 rings (SSSR count). The van der Waals surface area contributed by atoms with Crippen LogP contribution in [0.15, 0.2) is 39.8 Å². The van der Waals surface area contributed by atoms with Gasteiger partial charge in [-0.25, -0.2) is 9.79 Å². The van der Waals surface area contributed by atoms with E-state index in [0.717, 1.165) is 15.2 Å². The molecule has 0 radical (unpaired) electrons. The number of nitrogens with zero attached hydrogens (tertiary/aromatic N) is 2. The highest BCUT2D eigenvalue weighted by Crippen LogP contribution is 2.35. The molecular weight excluding hydrogens is 308 g/mol. The fourth-order valence-electron chi connectivity index (χ4n) is 1.79. The maximum atomic E-state index is 11.4. The second kappa shape index (κ2) is 5.40. The van der Waals surface area contributed by atoms with Gasteiger partial charge in [0.2, 0.25) is 0 Å². The van der Waals surface area contributed by atoms with Crippen molar-refractivity contribution in [3.8, 4) is 0 Å². The van der Waals surface area contributed by atoms with Crippen molar-refractivity contribution in [2.45, 2.75) is 0 Å². The third kappa shape index (κ3) is 2.76. The first kappa shape index (κ1) is 13.5. The van der Waals surface area contributed by atoms with Crippen molar-refractivity contribution in [3.63, 3.8) is 0 Å². The van der Waals surface area contributed by atoms with E-state index in [2.05, 4.69) is 20.9 Å². The molecule has 19 heavy (non-hydrogen) atoms. The number of hydrogen-bond acceptors (Lipinski definition) is 2. The van der Waals surface area contributed by atoms with Crippen LogP contribution in [-0.4, -0.2) is 36.4 Å². The Hall–Kier alpha value is -1.88. The summed E-state index contributed by atoms with van der Waals surface area (Å²) >= 11 is 3.40. The minimum Gasteiger partial charge on any atom is -0.478 e. The average molecular weight is 321 g/mol. The zero-order valence-electron chi connectivity index (χ0n) is 10.6. The van der Waals surface area contributed by atoms with Crippen LogP contribution in [0.3, 0.4) is 0 Å². The van der Waals surface area contributed by atoms with Crippen molar-refractivity contribution in [3.05, 3.63) is 40.4 Å². The molecule has 0 saturated heterocycles. The number of fused-ring (bicyclic) bond motifs is 1. The van der Waals surface area contributed by atoms with Crippen LogP contribution in [0.2, 0.25) is 0 Å². The molecule has 0 heterocycles. The van der Waals surface area contributed by atoms with Crippen LogP contribution in [0.1, 0.15) is 10.4 Å². The summed E-state index contributed by atoms with van der Waals surface area (Å²) < 4.78 is 0.754. The van der Waals surface area contributed by atoms with E-state index in [4.69, 9.17) is 0 Å². The number of halogens is 1.